The summed E-state index contributed by atoms with van der Waals surface area (Å²) in [6.07, 6.45) is 0. The summed E-state index contributed by atoms with van der Waals surface area (Å²) in [5.74, 6) is -1.51. The zero-order valence-corrected chi connectivity index (χ0v) is 12.3. The highest BCUT2D eigenvalue weighted by molar-refractivity contribution is 7.08. The fourth-order valence-electron chi connectivity index (χ4n) is 2.13. The number of hydrogen-bond donors (Lipinski definition) is 1. The van der Waals surface area contributed by atoms with Crippen molar-refractivity contribution in [2.24, 2.45) is 0 Å². The largest absolute Gasteiger partial charge is 0.347 e. The summed E-state index contributed by atoms with van der Waals surface area (Å²) in [4.78, 5) is 11.2. The van der Waals surface area contributed by atoms with E-state index in [1.54, 1.807) is 30.7 Å². The summed E-state index contributed by atoms with van der Waals surface area (Å²) in [5.41, 5.74) is 0.0462. The van der Waals surface area contributed by atoms with Crippen molar-refractivity contribution in [3.05, 3.63) is 46.2 Å². The molecule has 1 aromatic carbocycles. The van der Waals surface area contributed by atoms with E-state index in [1.807, 2.05) is 0 Å². The Morgan fingerprint density at radius 2 is 1.85 bits per heavy atom. The molecule has 0 aliphatic carbocycles. The van der Waals surface area contributed by atoms with E-state index in [9.17, 15) is 13.6 Å². The molecule has 1 N–H and O–H groups in total. The van der Waals surface area contributed by atoms with E-state index < -0.39 is 17.2 Å². The molecule has 0 saturated heterocycles. The molecule has 1 aromatic heterocycles. The van der Waals surface area contributed by atoms with E-state index in [-0.39, 0.29) is 11.5 Å². The molecule has 0 bridgehead atoms. The fourth-order valence-corrected chi connectivity index (χ4v) is 2.78. The lowest BCUT2D eigenvalue weighted by Crippen LogP contribution is -2.39. The lowest BCUT2D eigenvalue weighted by atomic mass is 9.92. The van der Waals surface area contributed by atoms with Crippen LogP contribution in [0.25, 0.3) is 11.1 Å². The van der Waals surface area contributed by atoms with Crippen LogP contribution >= 0.6 is 11.3 Å². The van der Waals surface area contributed by atoms with Gasteiger partial charge in [0.25, 0.3) is 0 Å². The number of benzene rings is 1. The predicted octanol–water partition coefficient (Wildman–Crippen LogP) is 4.06. The van der Waals surface area contributed by atoms with Crippen LogP contribution in [0.3, 0.4) is 0 Å². The van der Waals surface area contributed by atoms with E-state index in [2.05, 4.69) is 5.32 Å². The fraction of sp³-hybridized carbons (Fsp3) is 0.267. The lowest BCUT2D eigenvalue weighted by Gasteiger charge is -2.26. The van der Waals surface area contributed by atoms with Crippen LogP contribution in [0, 0.1) is 11.6 Å². The van der Waals surface area contributed by atoms with Crippen molar-refractivity contribution >= 4 is 17.2 Å². The second kappa shape index (κ2) is 5.32. The number of nitrogens with one attached hydrogen (secondary N) is 1. The third-order valence-electron chi connectivity index (χ3n) is 3.06. The van der Waals surface area contributed by atoms with E-state index in [1.165, 1.54) is 30.4 Å². The first-order valence-electron chi connectivity index (χ1n) is 6.12. The van der Waals surface area contributed by atoms with E-state index >= 15 is 0 Å². The van der Waals surface area contributed by atoms with Gasteiger partial charge in [-0.1, -0.05) is 0 Å². The molecule has 0 unspecified atom stereocenters. The summed E-state index contributed by atoms with van der Waals surface area (Å²) in [6, 6.07) is 4.21. The molecule has 2 aromatic rings. The number of carbonyl (C=O) groups excluding carboxylic acids is 1. The van der Waals surface area contributed by atoms with Gasteiger partial charge < -0.3 is 5.32 Å². The topological polar surface area (TPSA) is 29.1 Å². The predicted molar refractivity (Wildman–Crippen MR) is 76.5 cm³/mol. The number of carbonyl (C=O) groups is 1. The highest BCUT2D eigenvalue weighted by Crippen LogP contribution is 2.31. The first kappa shape index (κ1) is 14.7. The summed E-state index contributed by atoms with van der Waals surface area (Å²) >= 11 is 1.38. The quantitative estimate of drug-likeness (QED) is 0.909. The molecule has 0 aliphatic heterocycles. The van der Waals surface area contributed by atoms with Gasteiger partial charge in [0.05, 0.1) is 11.1 Å². The molecule has 0 saturated carbocycles. The Labute approximate surface area is 120 Å². The standard InChI is InChI=1S/C15H15F2NOS/c1-9(19)18-15(2,3)11-6-12(16)14(13(17)7-11)10-4-5-20-8-10/h4-8H,1-3H3,(H,18,19). The number of thiophene rings is 1. The monoisotopic (exact) mass is 295 g/mol. The summed E-state index contributed by atoms with van der Waals surface area (Å²) in [6.45, 7) is 4.77. The highest BCUT2D eigenvalue weighted by Gasteiger charge is 2.25. The zero-order chi connectivity index (χ0) is 14.9. The maximum Gasteiger partial charge on any atom is 0.217 e. The first-order chi connectivity index (χ1) is 9.31. The minimum absolute atomic E-state index is 0.0337. The van der Waals surface area contributed by atoms with Gasteiger partial charge in [-0.15, -0.1) is 0 Å². The van der Waals surface area contributed by atoms with Crippen LogP contribution in [-0.2, 0) is 10.3 Å². The molecular weight excluding hydrogens is 280 g/mol. The molecule has 5 heteroatoms. The van der Waals surface area contributed by atoms with Crippen molar-refractivity contribution in [3.63, 3.8) is 0 Å². The van der Waals surface area contributed by atoms with Crippen molar-refractivity contribution in [2.75, 3.05) is 0 Å². The molecule has 1 heterocycles. The number of hydrogen-bond acceptors (Lipinski definition) is 2. The number of halogens is 2. The summed E-state index contributed by atoms with van der Waals surface area (Å²) in [7, 11) is 0. The van der Waals surface area contributed by atoms with E-state index in [0.717, 1.165) is 0 Å². The van der Waals surface area contributed by atoms with Crippen LogP contribution in [0.5, 0.6) is 0 Å². The van der Waals surface area contributed by atoms with Crippen molar-refractivity contribution in [1.82, 2.24) is 5.32 Å². The first-order valence-corrected chi connectivity index (χ1v) is 7.06. The molecule has 0 aliphatic rings. The molecule has 2 nitrogen and oxygen atoms in total. The van der Waals surface area contributed by atoms with Gasteiger partial charge in [-0.2, -0.15) is 11.3 Å². The Balaban J connectivity index is 2.48. The van der Waals surface area contributed by atoms with Crippen LogP contribution in [0.15, 0.2) is 29.0 Å². The van der Waals surface area contributed by atoms with Gasteiger partial charge in [-0.05, 0) is 53.9 Å². The molecule has 0 radical (unpaired) electrons. The third kappa shape index (κ3) is 2.88. The maximum atomic E-state index is 14.2. The van der Waals surface area contributed by atoms with Crippen LogP contribution in [0.4, 0.5) is 8.78 Å². The minimum atomic E-state index is -0.833. The van der Waals surface area contributed by atoms with Crippen molar-refractivity contribution < 1.29 is 13.6 Å². The Bertz CT molecular complexity index is 612. The van der Waals surface area contributed by atoms with Crippen molar-refractivity contribution in [1.29, 1.82) is 0 Å². The zero-order valence-electron chi connectivity index (χ0n) is 11.5. The Kier molecular flexibility index (Phi) is 3.90. The van der Waals surface area contributed by atoms with Crippen LogP contribution in [0.1, 0.15) is 26.3 Å². The molecule has 20 heavy (non-hydrogen) atoms. The van der Waals surface area contributed by atoms with Gasteiger partial charge in [-0.25, -0.2) is 8.78 Å². The third-order valence-corrected chi connectivity index (χ3v) is 3.75. The average Bonchev–Trinajstić information content (AvgIpc) is 2.79. The van der Waals surface area contributed by atoms with Gasteiger partial charge in [0.2, 0.25) is 5.91 Å². The molecule has 0 spiro atoms. The van der Waals surface area contributed by atoms with Gasteiger partial charge >= 0.3 is 0 Å². The van der Waals surface area contributed by atoms with Crippen LogP contribution in [-0.4, -0.2) is 5.91 Å². The normalized spacial score (nSPS) is 11.4. The van der Waals surface area contributed by atoms with Gasteiger partial charge in [0.1, 0.15) is 11.6 Å². The Morgan fingerprint density at radius 1 is 1.25 bits per heavy atom. The molecule has 0 atom stereocenters. The van der Waals surface area contributed by atoms with Gasteiger partial charge in [-0.3, -0.25) is 4.79 Å². The lowest BCUT2D eigenvalue weighted by molar-refractivity contribution is -0.120. The van der Waals surface area contributed by atoms with Gasteiger partial charge in [0, 0.05) is 6.92 Å². The van der Waals surface area contributed by atoms with Crippen LogP contribution < -0.4 is 5.32 Å². The van der Waals surface area contributed by atoms with Crippen LogP contribution in [0.2, 0.25) is 0 Å². The van der Waals surface area contributed by atoms with Crippen molar-refractivity contribution in [3.8, 4) is 11.1 Å². The summed E-state index contributed by atoms with van der Waals surface area (Å²) in [5, 5.41) is 6.14. The smallest absolute Gasteiger partial charge is 0.217 e. The molecule has 106 valence electrons. The number of amides is 1. The summed E-state index contributed by atoms with van der Waals surface area (Å²) < 4.78 is 28.4. The van der Waals surface area contributed by atoms with Crippen molar-refractivity contribution in [2.45, 2.75) is 26.3 Å². The second-order valence-corrected chi connectivity index (χ2v) is 5.91. The van der Waals surface area contributed by atoms with E-state index in [0.29, 0.717) is 11.1 Å². The molecule has 1 amide bonds. The second-order valence-electron chi connectivity index (χ2n) is 5.13. The SMILES string of the molecule is CC(=O)NC(C)(C)c1cc(F)c(-c2ccsc2)c(F)c1. The molecule has 0 fully saturated rings. The molecular formula is C15H15F2NOS. The highest BCUT2D eigenvalue weighted by atomic mass is 32.1. The maximum absolute atomic E-state index is 14.2. The minimum Gasteiger partial charge on any atom is -0.347 e. The number of rotatable bonds is 3. The van der Waals surface area contributed by atoms with Gasteiger partial charge in [0.15, 0.2) is 0 Å². The van der Waals surface area contributed by atoms with E-state index in [4.69, 9.17) is 0 Å². The molecule has 2 rings (SSSR count). The average molecular weight is 295 g/mol. The Hall–Kier alpha value is -1.75. The Morgan fingerprint density at radius 3 is 2.30 bits per heavy atom.